The van der Waals surface area contributed by atoms with Crippen LogP contribution in [-0.2, 0) is 12.1 Å². The van der Waals surface area contributed by atoms with E-state index in [1.807, 2.05) is 30.3 Å². The van der Waals surface area contributed by atoms with Crippen LogP contribution in [0.15, 0.2) is 73.3 Å². The van der Waals surface area contributed by atoms with Crippen LogP contribution in [0, 0.1) is 36.2 Å². The molecule has 1 aliphatic heterocycles. The number of nitrogens with one attached hydrogen (secondary N) is 1. The molecule has 40 heavy (non-hydrogen) atoms. The normalized spacial score (nSPS) is 22.3. The van der Waals surface area contributed by atoms with Crippen LogP contribution >= 0.6 is 0 Å². The summed E-state index contributed by atoms with van der Waals surface area (Å²) in [6.45, 7) is 3.57. The quantitative estimate of drug-likeness (QED) is 0.310. The summed E-state index contributed by atoms with van der Waals surface area (Å²) in [6.07, 6.45) is 4.84. The average molecular weight is 548 g/mol. The van der Waals surface area contributed by atoms with Gasteiger partial charge in [0.25, 0.3) is 0 Å². The average Bonchev–Trinajstić information content (AvgIpc) is 3.63. The highest BCUT2D eigenvalue weighted by Gasteiger charge is 2.44. The molecule has 2 heterocycles. The van der Waals surface area contributed by atoms with Crippen LogP contribution in [0.25, 0.3) is 11.1 Å². The van der Waals surface area contributed by atoms with Crippen molar-refractivity contribution in [1.29, 1.82) is 0 Å². The molecule has 6 rings (SSSR count). The molecule has 3 aromatic carbocycles. The lowest BCUT2D eigenvalue weighted by Gasteiger charge is -2.33. The molecule has 0 spiro atoms. The molecule has 4 atom stereocenters. The number of likely N-dealkylation sites (tertiary alicyclic amines) is 1. The second-order valence-corrected chi connectivity index (χ2v) is 11.3. The topological polar surface area (TPSA) is 66.2 Å². The van der Waals surface area contributed by atoms with Crippen molar-refractivity contribution in [2.45, 2.75) is 38.0 Å². The second kappa shape index (κ2) is 10.7. The molecule has 0 amide bonds. The standard InChI is InChI=1S/C31H32F3N5O/c1-20-2-3-22(12-29(20)33)21-4-7-26(8-5-21)37-27-10-23-14-38(15-24(23)11-27)16-31(40,17-39-19-35-18-36-39)28-9-6-25(32)13-30(28)34/h2-9,12-13,18-19,23-24,27,37,40H,10-11,14-17H2,1H3/t23-,24+,27?,31?. The van der Waals surface area contributed by atoms with Gasteiger partial charge in [-0.2, -0.15) is 5.10 Å². The molecule has 2 N–H and O–H groups in total. The Morgan fingerprint density at radius 3 is 2.27 bits per heavy atom. The fraction of sp³-hybridized carbons (Fsp3) is 0.355. The van der Waals surface area contributed by atoms with Gasteiger partial charge in [-0.1, -0.05) is 30.3 Å². The van der Waals surface area contributed by atoms with Crippen LogP contribution < -0.4 is 5.32 Å². The van der Waals surface area contributed by atoms with Crippen molar-refractivity contribution < 1.29 is 18.3 Å². The lowest BCUT2D eigenvalue weighted by atomic mass is 9.92. The molecular weight excluding hydrogens is 515 g/mol. The van der Waals surface area contributed by atoms with Crippen molar-refractivity contribution in [2.24, 2.45) is 11.8 Å². The summed E-state index contributed by atoms with van der Waals surface area (Å²) in [7, 11) is 0. The summed E-state index contributed by atoms with van der Waals surface area (Å²) in [4.78, 5) is 6.12. The summed E-state index contributed by atoms with van der Waals surface area (Å²) < 4.78 is 43.9. The van der Waals surface area contributed by atoms with Gasteiger partial charge in [-0.25, -0.2) is 22.8 Å². The van der Waals surface area contributed by atoms with Crippen molar-refractivity contribution in [3.63, 3.8) is 0 Å². The summed E-state index contributed by atoms with van der Waals surface area (Å²) in [5.74, 6) is -0.741. The van der Waals surface area contributed by atoms with Crippen LogP contribution in [0.5, 0.6) is 0 Å². The van der Waals surface area contributed by atoms with Crippen LogP contribution in [0.4, 0.5) is 18.9 Å². The van der Waals surface area contributed by atoms with Crippen molar-refractivity contribution in [3.8, 4) is 11.1 Å². The molecule has 2 aliphatic rings. The monoisotopic (exact) mass is 547 g/mol. The highest BCUT2D eigenvalue weighted by molar-refractivity contribution is 5.66. The predicted octanol–water partition coefficient (Wildman–Crippen LogP) is 5.38. The third-order valence-corrected chi connectivity index (χ3v) is 8.40. The summed E-state index contributed by atoms with van der Waals surface area (Å²) in [5, 5.41) is 19.4. The number of aryl methyl sites for hydroxylation is 1. The minimum absolute atomic E-state index is 0.0107. The van der Waals surface area contributed by atoms with Gasteiger partial charge in [-0.3, -0.25) is 4.90 Å². The first-order valence-corrected chi connectivity index (χ1v) is 13.6. The van der Waals surface area contributed by atoms with Gasteiger partial charge in [0.05, 0.1) is 6.54 Å². The number of β-amino-alcohol motifs (C(OH)–C–C–N with tert-alkyl or cyclic N) is 1. The zero-order chi connectivity index (χ0) is 27.9. The van der Waals surface area contributed by atoms with E-state index in [9.17, 15) is 18.3 Å². The smallest absolute Gasteiger partial charge is 0.137 e. The van der Waals surface area contributed by atoms with E-state index in [2.05, 4.69) is 20.3 Å². The number of aliphatic hydroxyl groups is 1. The molecule has 0 radical (unpaired) electrons. The molecule has 208 valence electrons. The first-order valence-electron chi connectivity index (χ1n) is 13.6. The van der Waals surface area contributed by atoms with E-state index in [0.717, 1.165) is 48.8 Å². The second-order valence-electron chi connectivity index (χ2n) is 11.3. The number of aromatic nitrogens is 3. The van der Waals surface area contributed by atoms with E-state index in [-0.39, 0.29) is 24.5 Å². The number of hydrogen-bond acceptors (Lipinski definition) is 5. The van der Waals surface area contributed by atoms with Gasteiger partial charge in [-0.05, 0) is 72.6 Å². The molecule has 1 aliphatic carbocycles. The first kappa shape index (κ1) is 26.5. The maximum atomic E-state index is 14.8. The maximum absolute atomic E-state index is 14.8. The van der Waals surface area contributed by atoms with E-state index in [1.54, 1.807) is 19.1 Å². The number of fused-ring (bicyclic) bond motifs is 1. The minimum Gasteiger partial charge on any atom is -0.382 e. The predicted molar refractivity (Wildman–Crippen MR) is 147 cm³/mol. The summed E-state index contributed by atoms with van der Waals surface area (Å²) in [6, 6.07) is 17.0. The molecule has 1 aromatic heterocycles. The molecular formula is C31H32F3N5O. The molecule has 1 saturated carbocycles. The third kappa shape index (κ3) is 5.48. The highest BCUT2D eigenvalue weighted by Crippen LogP contribution is 2.41. The molecule has 4 aromatic rings. The van der Waals surface area contributed by atoms with E-state index in [4.69, 9.17) is 0 Å². The van der Waals surface area contributed by atoms with Crippen LogP contribution in [0.2, 0.25) is 0 Å². The van der Waals surface area contributed by atoms with Gasteiger partial charge in [0.15, 0.2) is 0 Å². The maximum Gasteiger partial charge on any atom is 0.137 e. The van der Waals surface area contributed by atoms with Crippen LogP contribution in [-0.4, -0.2) is 50.4 Å². The Morgan fingerprint density at radius 2 is 1.62 bits per heavy atom. The minimum atomic E-state index is -1.59. The Morgan fingerprint density at radius 1 is 0.900 bits per heavy atom. The molecule has 1 saturated heterocycles. The van der Waals surface area contributed by atoms with Gasteiger partial charge in [-0.15, -0.1) is 0 Å². The summed E-state index contributed by atoms with van der Waals surface area (Å²) in [5.41, 5.74) is 1.96. The van der Waals surface area contributed by atoms with E-state index >= 15 is 0 Å². The Balaban J connectivity index is 1.09. The van der Waals surface area contributed by atoms with Gasteiger partial charge in [0.1, 0.15) is 35.7 Å². The van der Waals surface area contributed by atoms with Gasteiger partial charge >= 0.3 is 0 Å². The Bertz CT molecular complexity index is 1470. The fourth-order valence-corrected chi connectivity index (χ4v) is 6.45. The van der Waals surface area contributed by atoms with Gasteiger partial charge < -0.3 is 10.4 Å². The van der Waals surface area contributed by atoms with Crippen molar-refractivity contribution >= 4 is 5.69 Å². The number of halogens is 3. The van der Waals surface area contributed by atoms with Crippen molar-refractivity contribution in [2.75, 3.05) is 25.0 Å². The number of benzene rings is 3. The van der Waals surface area contributed by atoms with E-state index < -0.39 is 17.2 Å². The van der Waals surface area contributed by atoms with Crippen molar-refractivity contribution in [1.82, 2.24) is 19.7 Å². The molecule has 0 bridgehead atoms. The molecule has 9 heteroatoms. The highest BCUT2D eigenvalue weighted by atomic mass is 19.1. The molecule has 2 unspecified atom stereocenters. The number of hydrogen-bond donors (Lipinski definition) is 2. The van der Waals surface area contributed by atoms with E-state index in [0.29, 0.717) is 23.4 Å². The third-order valence-electron chi connectivity index (χ3n) is 8.40. The van der Waals surface area contributed by atoms with Crippen LogP contribution in [0.1, 0.15) is 24.0 Å². The fourth-order valence-electron chi connectivity index (χ4n) is 6.45. The SMILES string of the molecule is Cc1ccc(-c2ccc(NC3C[C@@H]4CN(CC(O)(Cn5cncn5)c5ccc(F)cc5F)C[C@@H]4C3)cc2)cc1F. The first-order chi connectivity index (χ1) is 19.3. The zero-order valence-electron chi connectivity index (χ0n) is 22.3. The van der Waals surface area contributed by atoms with E-state index in [1.165, 1.54) is 29.5 Å². The van der Waals surface area contributed by atoms with Crippen molar-refractivity contribution in [3.05, 3.63) is 102 Å². The largest absolute Gasteiger partial charge is 0.382 e. The van der Waals surface area contributed by atoms with Crippen LogP contribution in [0.3, 0.4) is 0 Å². The Hall–Kier alpha value is -3.69. The Labute approximate surface area is 231 Å². The van der Waals surface area contributed by atoms with Gasteiger partial charge in [0.2, 0.25) is 0 Å². The molecule has 2 fully saturated rings. The lowest BCUT2D eigenvalue weighted by Crippen LogP contribution is -2.44. The number of nitrogens with zero attached hydrogens (tertiary/aromatic N) is 4. The zero-order valence-corrected chi connectivity index (χ0v) is 22.3. The summed E-state index contributed by atoms with van der Waals surface area (Å²) >= 11 is 0. The lowest BCUT2D eigenvalue weighted by molar-refractivity contribution is -0.0180. The number of rotatable bonds is 8. The van der Waals surface area contributed by atoms with Gasteiger partial charge in [0, 0.05) is 43.0 Å². The molecule has 6 nitrogen and oxygen atoms in total. The Kier molecular flexibility index (Phi) is 7.10. The number of anilines is 1.